The lowest BCUT2D eigenvalue weighted by Crippen LogP contribution is -2.07. The van der Waals surface area contributed by atoms with Crippen molar-refractivity contribution in [2.75, 3.05) is 0 Å². The number of rotatable bonds is 4. The molecule has 0 fully saturated rings. The zero-order chi connectivity index (χ0) is 15.0. The lowest BCUT2D eigenvalue weighted by Gasteiger charge is -2.07. The van der Waals surface area contributed by atoms with E-state index in [9.17, 15) is 14.9 Å². The van der Waals surface area contributed by atoms with E-state index < -0.39 is 10.9 Å². The molecule has 1 N–H and O–H groups in total. The Bertz CT molecular complexity index is 710. The third-order valence-electron chi connectivity index (χ3n) is 2.60. The fourth-order valence-corrected chi connectivity index (χ4v) is 2.12. The molecule has 2 aromatic heterocycles. The Kier molecular flexibility index (Phi) is 3.58. The molecule has 0 radical (unpaired) electrons. The molecule has 0 aliphatic heterocycles. The largest absolute Gasteiger partial charge is 0.476 e. The normalized spacial score (nSPS) is 11.2. The molecule has 0 bridgehead atoms. The Morgan fingerprint density at radius 2 is 2.25 bits per heavy atom. The van der Waals surface area contributed by atoms with Crippen molar-refractivity contribution in [2.45, 2.75) is 20.3 Å². The monoisotopic (exact) mass is 298 g/mol. The van der Waals surface area contributed by atoms with Gasteiger partial charge < -0.3 is 5.11 Å². The number of fused-ring (bicyclic) bond motifs is 1. The summed E-state index contributed by atoms with van der Waals surface area (Å²) in [7, 11) is 0. The SMILES string of the molecule is CC(C)Cc1nc2cc(C(=O)O)nn2c(Cl)c1[N+](=O)[O-]. The minimum absolute atomic E-state index is 0.140. The number of aromatic carboxylic acids is 1. The van der Waals surface area contributed by atoms with Crippen molar-refractivity contribution in [2.24, 2.45) is 5.92 Å². The first-order valence-corrected chi connectivity index (χ1v) is 6.15. The Morgan fingerprint density at radius 3 is 2.75 bits per heavy atom. The van der Waals surface area contributed by atoms with E-state index in [1.807, 2.05) is 13.8 Å². The van der Waals surface area contributed by atoms with Crippen molar-refractivity contribution in [1.82, 2.24) is 14.6 Å². The number of halogens is 1. The topological polar surface area (TPSA) is 111 Å². The summed E-state index contributed by atoms with van der Waals surface area (Å²) in [6.07, 6.45) is 0.361. The van der Waals surface area contributed by atoms with E-state index in [2.05, 4.69) is 10.1 Å². The van der Waals surface area contributed by atoms with Crippen LogP contribution in [0.3, 0.4) is 0 Å². The minimum atomic E-state index is -1.25. The second kappa shape index (κ2) is 5.04. The number of carboxylic acids is 1. The quantitative estimate of drug-likeness (QED) is 0.526. The molecule has 8 nitrogen and oxygen atoms in total. The highest BCUT2D eigenvalue weighted by Crippen LogP contribution is 2.29. The van der Waals surface area contributed by atoms with Crippen molar-refractivity contribution in [1.29, 1.82) is 0 Å². The second-order valence-electron chi connectivity index (χ2n) is 4.66. The molecular formula is C11H11ClN4O4. The molecule has 20 heavy (non-hydrogen) atoms. The van der Waals surface area contributed by atoms with Gasteiger partial charge in [0.1, 0.15) is 5.69 Å². The molecule has 0 unspecified atom stereocenters. The lowest BCUT2D eigenvalue weighted by molar-refractivity contribution is -0.386. The maximum Gasteiger partial charge on any atom is 0.356 e. The van der Waals surface area contributed by atoms with E-state index >= 15 is 0 Å². The molecule has 0 atom stereocenters. The summed E-state index contributed by atoms with van der Waals surface area (Å²) in [5.41, 5.74) is -0.212. The van der Waals surface area contributed by atoms with Crippen molar-refractivity contribution < 1.29 is 14.8 Å². The summed E-state index contributed by atoms with van der Waals surface area (Å²) in [4.78, 5) is 25.5. The summed E-state index contributed by atoms with van der Waals surface area (Å²) in [5, 5.41) is 23.5. The molecule has 0 saturated heterocycles. The fourth-order valence-electron chi connectivity index (χ4n) is 1.82. The highest BCUT2D eigenvalue weighted by molar-refractivity contribution is 6.31. The maximum absolute atomic E-state index is 11.1. The molecule has 0 aliphatic carbocycles. The Balaban J connectivity index is 2.74. The number of nitrogens with zero attached hydrogens (tertiary/aromatic N) is 4. The first-order valence-electron chi connectivity index (χ1n) is 5.77. The Hall–Kier alpha value is -2.22. The molecule has 9 heteroatoms. The molecule has 0 saturated carbocycles. The van der Waals surface area contributed by atoms with Gasteiger partial charge in [-0.15, -0.1) is 0 Å². The Morgan fingerprint density at radius 1 is 1.60 bits per heavy atom. The van der Waals surface area contributed by atoms with Crippen LogP contribution in [0.1, 0.15) is 30.0 Å². The van der Waals surface area contributed by atoms with Gasteiger partial charge in [0.05, 0.1) is 4.92 Å². The van der Waals surface area contributed by atoms with Crippen LogP contribution in [-0.4, -0.2) is 30.6 Å². The van der Waals surface area contributed by atoms with Crippen LogP contribution in [0.2, 0.25) is 5.15 Å². The standard InChI is InChI=1S/C11H11ClN4O4/c1-5(2)3-6-9(16(19)20)10(12)15-8(13-6)4-7(14-15)11(17)18/h4-5H,3H2,1-2H3,(H,17,18). The van der Waals surface area contributed by atoms with Crippen LogP contribution in [0.15, 0.2) is 6.07 Å². The zero-order valence-corrected chi connectivity index (χ0v) is 11.5. The molecule has 106 valence electrons. The van der Waals surface area contributed by atoms with E-state index in [4.69, 9.17) is 16.7 Å². The average Bonchev–Trinajstić information content (AvgIpc) is 2.71. The third-order valence-corrected chi connectivity index (χ3v) is 2.94. The van der Waals surface area contributed by atoms with Crippen LogP contribution in [0.4, 0.5) is 5.69 Å². The molecule has 0 aliphatic rings. The minimum Gasteiger partial charge on any atom is -0.476 e. The number of hydrogen-bond acceptors (Lipinski definition) is 5. The number of aromatic nitrogens is 3. The first-order chi connectivity index (χ1) is 9.31. The number of hydrogen-bond donors (Lipinski definition) is 1. The third kappa shape index (κ3) is 2.42. The summed E-state index contributed by atoms with van der Waals surface area (Å²) < 4.78 is 0.965. The van der Waals surface area contributed by atoms with Gasteiger partial charge in [0.2, 0.25) is 5.15 Å². The fraction of sp³-hybridized carbons (Fsp3) is 0.364. The first kappa shape index (κ1) is 14.2. The van der Waals surface area contributed by atoms with Gasteiger partial charge in [0.15, 0.2) is 11.3 Å². The highest BCUT2D eigenvalue weighted by Gasteiger charge is 2.26. The van der Waals surface area contributed by atoms with E-state index in [1.165, 1.54) is 6.07 Å². The smallest absolute Gasteiger partial charge is 0.356 e. The van der Waals surface area contributed by atoms with Crippen molar-refractivity contribution in [3.8, 4) is 0 Å². The molecule has 2 rings (SSSR count). The Labute approximate surface area is 118 Å². The van der Waals surface area contributed by atoms with Crippen LogP contribution >= 0.6 is 11.6 Å². The average molecular weight is 299 g/mol. The maximum atomic E-state index is 11.1. The molecule has 2 aromatic rings. The van der Waals surface area contributed by atoms with Crippen LogP contribution in [0.25, 0.3) is 5.65 Å². The van der Waals surface area contributed by atoms with Gasteiger partial charge in [0.25, 0.3) is 0 Å². The van der Waals surface area contributed by atoms with Gasteiger partial charge in [-0.05, 0) is 12.3 Å². The van der Waals surface area contributed by atoms with E-state index in [0.29, 0.717) is 6.42 Å². The molecule has 0 spiro atoms. The van der Waals surface area contributed by atoms with Gasteiger partial charge in [-0.3, -0.25) is 10.1 Å². The van der Waals surface area contributed by atoms with Gasteiger partial charge in [0, 0.05) is 6.07 Å². The lowest BCUT2D eigenvalue weighted by atomic mass is 10.1. The molecule has 0 amide bonds. The van der Waals surface area contributed by atoms with Gasteiger partial charge in [-0.25, -0.2) is 9.78 Å². The predicted molar refractivity (Wildman–Crippen MR) is 70.2 cm³/mol. The van der Waals surface area contributed by atoms with Crippen LogP contribution < -0.4 is 0 Å². The second-order valence-corrected chi connectivity index (χ2v) is 5.02. The van der Waals surface area contributed by atoms with E-state index in [1.54, 1.807) is 0 Å². The summed E-state index contributed by atoms with van der Waals surface area (Å²) in [6.45, 7) is 3.78. The van der Waals surface area contributed by atoms with Crippen molar-refractivity contribution in [3.05, 3.63) is 32.7 Å². The van der Waals surface area contributed by atoms with Gasteiger partial charge >= 0.3 is 11.7 Å². The van der Waals surface area contributed by atoms with Gasteiger partial charge in [-0.1, -0.05) is 25.4 Å². The number of carbonyl (C=O) groups is 1. The molecule has 2 heterocycles. The van der Waals surface area contributed by atoms with Crippen molar-refractivity contribution in [3.63, 3.8) is 0 Å². The van der Waals surface area contributed by atoms with Crippen LogP contribution in [0, 0.1) is 16.0 Å². The summed E-state index contributed by atoms with van der Waals surface area (Å²) in [5.74, 6) is -1.11. The zero-order valence-electron chi connectivity index (χ0n) is 10.7. The summed E-state index contributed by atoms with van der Waals surface area (Å²) >= 11 is 5.97. The number of nitro groups is 1. The van der Waals surface area contributed by atoms with Crippen molar-refractivity contribution >= 4 is 28.9 Å². The predicted octanol–water partition coefficient (Wildman–Crippen LogP) is 2.19. The molecule has 0 aromatic carbocycles. The molecular weight excluding hydrogens is 288 g/mol. The number of carboxylic acid groups (broad SMARTS) is 1. The van der Waals surface area contributed by atoms with Crippen LogP contribution in [-0.2, 0) is 6.42 Å². The highest BCUT2D eigenvalue weighted by atomic mass is 35.5. The van der Waals surface area contributed by atoms with Gasteiger partial charge in [-0.2, -0.15) is 9.61 Å². The summed E-state index contributed by atoms with van der Waals surface area (Å²) in [6, 6.07) is 1.22. The van der Waals surface area contributed by atoms with Crippen LogP contribution in [0.5, 0.6) is 0 Å². The van der Waals surface area contributed by atoms with E-state index in [0.717, 1.165) is 4.52 Å². The van der Waals surface area contributed by atoms with E-state index in [-0.39, 0.29) is 33.8 Å².